The fraction of sp³-hybridized carbons (Fsp3) is 0.500. The van der Waals surface area contributed by atoms with E-state index in [2.05, 4.69) is 5.32 Å². The molecule has 0 amide bonds. The minimum Gasteiger partial charge on any atom is -0.384 e. The number of carbonyl (C=O) groups excluding carboxylic acids is 1. The Labute approximate surface area is 123 Å². The Morgan fingerprint density at radius 2 is 1.85 bits per heavy atom. The maximum Gasteiger partial charge on any atom is 0.147 e. The van der Waals surface area contributed by atoms with Crippen LogP contribution >= 0.6 is 0 Å². The second kappa shape index (κ2) is 12.4. The normalized spacial score (nSPS) is 10.3. The lowest BCUT2D eigenvalue weighted by atomic mass is 10.0. The van der Waals surface area contributed by atoms with Crippen molar-refractivity contribution in [1.29, 1.82) is 5.41 Å². The van der Waals surface area contributed by atoms with Crippen LogP contribution < -0.4 is 11.1 Å². The average Bonchev–Trinajstić information content (AvgIpc) is 2.49. The largest absolute Gasteiger partial charge is 0.384 e. The van der Waals surface area contributed by atoms with E-state index in [1.54, 1.807) is 20.0 Å². The highest BCUT2D eigenvalue weighted by molar-refractivity contribution is 5.95. The van der Waals surface area contributed by atoms with Crippen LogP contribution in [0.15, 0.2) is 24.3 Å². The summed E-state index contributed by atoms with van der Waals surface area (Å²) in [5.74, 6) is 0.154. The van der Waals surface area contributed by atoms with Crippen molar-refractivity contribution in [2.24, 2.45) is 5.73 Å². The second-order valence-corrected chi connectivity index (χ2v) is 3.77. The zero-order valence-corrected chi connectivity index (χ0v) is 13.6. The van der Waals surface area contributed by atoms with Gasteiger partial charge in [-0.3, -0.25) is 10.2 Å². The molecule has 0 aromatic heterocycles. The van der Waals surface area contributed by atoms with E-state index in [4.69, 9.17) is 11.1 Å². The molecule has 1 aromatic carbocycles. The highest BCUT2D eigenvalue weighted by Crippen LogP contribution is 2.07. The highest BCUT2D eigenvalue weighted by Gasteiger charge is 2.12. The smallest absolute Gasteiger partial charge is 0.147 e. The molecule has 0 radical (unpaired) electrons. The molecule has 4 nitrogen and oxygen atoms in total. The van der Waals surface area contributed by atoms with Gasteiger partial charge in [0.15, 0.2) is 0 Å². The van der Waals surface area contributed by atoms with Crippen molar-refractivity contribution in [3.8, 4) is 0 Å². The molecule has 1 rings (SSSR count). The van der Waals surface area contributed by atoms with Gasteiger partial charge in [-0.25, -0.2) is 0 Å². The summed E-state index contributed by atoms with van der Waals surface area (Å²) < 4.78 is 0. The highest BCUT2D eigenvalue weighted by atomic mass is 16.1. The van der Waals surface area contributed by atoms with Crippen molar-refractivity contribution in [3.05, 3.63) is 35.4 Å². The predicted molar refractivity (Wildman–Crippen MR) is 87.4 cm³/mol. The van der Waals surface area contributed by atoms with Crippen LogP contribution in [-0.4, -0.2) is 24.7 Å². The van der Waals surface area contributed by atoms with Gasteiger partial charge in [-0.05, 0) is 32.0 Å². The Bertz CT molecular complexity index is 402. The average molecular weight is 279 g/mol. The Morgan fingerprint density at radius 1 is 1.30 bits per heavy atom. The fourth-order valence-electron chi connectivity index (χ4n) is 1.55. The quantitative estimate of drug-likeness (QED) is 0.573. The molecule has 0 saturated heterocycles. The first kappa shape index (κ1) is 20.6. The number of hydrogen-bond donors (Lipinski definition) is 3. The lowest BCUT2D eigenvalue weighted by Gasteiger charge is -2.13. The molecule has 4 N–H and O–H groups in total. The summed E-state index contributed by atoms with van der Waals surface area (Å²) in [6.07, 6.45) is 0.618. The van der Waals surface area contributed by atoms with Crippen LogP contribution in [0.4, 0.5) is 0 Å². The first-order valence-electron chi connectivity index (χ1n) is 7.15. The third-order valence-corrected chi connectivity index (χ3v) is 2.52. The summed E-state index contributed by atoms with van der Waals surface area (Å²) in [6.45, 7) is 9.57. The number of carbonyl (C=O) groups is 1. The van der Waals surface area contributed by atoms with Crippen molar-refractivity contribution < 1.29 is 4.79 Å². The zero-order chi connectivity index (χ0) is 16.1. The number of nitrogens with two attached hydrogens (primary N) is 1. The van der Waals surface area contributed by atoms with Gasteiger partial charge in [0, 0.05) is 5.56 Å². The van der Waals surface area contributed by atoms with Crippen molar-refractivity contribution in [1.82, 2.24) is 5.32 Å². The number of hydrogen-bond acceptors (Lipinski definition) is 3. The van der Waals surface area contributed by atoms with Gasteiger partial charge in [-0.2, -0.15) is 0 Å². The van der Waals surface area contributed by atoms with Crippen LogP contribution in [0.3, 0.4) is 0 Å². The third kappa shape index (κ3) is 7.69. The molecule has 4 heteroatoms. The number of nitrogen functional groups attached to an aromatic ring is 1. The molecule has 114 valence electrons. The van der Waals surface area contributed by atoms with Crippen molar-refractivity contribution in [2.45, 2.75) is 47.1 Å². The first-order chi connectivity index (χ1) is 9.54. The molecule has 0 aliphatic rings. The van der Waals surface area contributed by atoms with E-state index in [1.165, 1.54) is 0 Å². The number of nitrogens with one attached hydrogen (secondary N) is 2. The van der Waals surface area contributed by atoms with Gasteiger partial charge in [0.25, 0.3) is 0 Å². The predicted octanol–water partition coefficient (Wildman–Crippen LogP) is 2.74. The Kier molecular flexibility index (Phi) is 12.8. The fourth-order valence-corrected chi connectivity index (χ4v) is 1.55. The zero-order valence-electron chi connectivity index (χ0n) is 13.6. The number of amidine groups is 1. The van der Waals surface area contributed by atoms with Gasteiger partial charge in [0.1, 0.15) is 11.6 Å². The molecule has 0 fully saturated rings. The van der Waals surface area contributed by atoms with E-state index in [9.17, 15) is 4.79 Å². The number of Topliss-reactive ketones (excluding diaryl/α,β-unsaturated/α-hetero) is 1. The van der Waals surface area contributed by atoms with Crippen LogP contribution in [0, 0.1) is 5.41 Å². The number of ketones is 1. The molecule has 0 heterocycles. The van der Waals surface area contributed by atoms with E-state index in [0.29, 0.717) is 12.0 Å². The molecule has 1 aromatic rings. The third-order valence-electron chi connectivity index (χ3n) is 2.52. The van der Waals surface area contributed by atoms with Crippen molar-refractivity contribution >= 4 is 11.6 Å². The molecular weight excluding hydrogens is 250 g/mol. The van der Waals surface area contributed by atoms with Crippen LogP contribution in [0.1, 0.15) is 45.7 Å². The molecule has 0 aliphatic carbocycles. The lowest BCUT2D eigenvalue weighted by Crippen LogP contribution is -2.34. The van der Waals surface area contributed by atoms with E-state index in [-0.39, 0.29) is 17.7 Å². The van der Waals surface area contributed by atoms with Crippen LogP contribution in [0.25, 0.3) is 0 Å². The van der Waals surface area contributed by atoms with Crippen molar-refractivity contribution in [2.75, 3.05) is 7.05 Å². The summed E-state index contributed by atoms with van der Waals surface area (Å²) >= 11 is 0. The minimum atomic E-state index is -0.179. The molecule has 0 bridgehead atoms. The monoisotopic (exact) mass is 279 g/mol. The first-order valence-corrected chi connectivity index (χ1v) is 7.15. The second-order valence-electron chi connectivity index (χ2n) is 3.77. The van der Waals surface area contributed by atoms with E-state index in [1.807, 2.05) is 45.9 Å². The molecule has 1 atom stereocenters. The molecule has 0 aliphatic heterocycles. The van der Waals surface area contributed by atoms with Crippen molar-refractivity contribution in [3.63, 3.8) is 0 Å². The topological polar surface area (TPSA) is 79.0 Å². The Hall–Kier alpha value is -1.68. The van der Waals surface area contributed by atoms with Gasteiger partial charge in [-0.15, -0.1) is 0 Å². The standard InChI is InChI=1S/C12H17N3O.2C2H6/c1-8(16)11(15-2)7-9-4-3-5-10(6-9)12(13)14;2*1-2/h3-6,11,15H,7H2,1-2H3,(H3,13,14);2*1-2H3. The maximum absolute atomic E-state index is 11.3. The van der Waals surface area contributed by atoms with Gasteiger partial charge in [0.05, 0.1) is 6.04 Å². The van der Waals surface area contributed by atoms with Gasteiger partial charge >= 0.3 is 0 Å². The molecular formula is C16H29N3O. The molecule has 20 heavy (non-hydrogen) atoms. The summed E-state index contributed by atoms with van der Waals surface area (Å²) in [5, 5.41) is 10.3. The van der Waals surface area contributed by atoms with Crippen LogP contribution in [0.5, 0.6) is 0 Å². The molecule has 1 unspecified atom stereocenters. The molecule has 0 spiro atoms. The summed E-state index contributed by atoms with van der Waals surface area (Å²) in [5.41, 5.74) is 7.10. The van der Waals surface area contributed by atoms with Gasteiger partial charge in [0.2, 0.25) is 0 Å². The van der Waals surface area contributed by atoms with Crippen LogP contribution in [-0.2, 0) is 11.2 Å². The number of rotatable bonds is 5. The van der Waals surface area contributed by atoms with E-state index in [0.717, 1.165) is 5.56 Å². The van der Waals surface area contributed by atoms with Gasteiger partial charge in [-0.1, -0.05) is 45.9 Å². The molecule has 0 saturated carbocycles. The number of benzene rings is 1. The summed E-state index contributed by atoms with van der Waals surface area (Å²) in [6, 6.07) is 7.23. The number of likely N-dealkylation sites (N-methyl/N-ethyl adjacent to an activating group) is 1. The Balaban J connectivity index is 0. The van der Waals surface area contributed by atoms with Crippen LogP contribution in [0.2, 0.25) is 0 Å². The van der Waals surface area contributed by atoms with E-state index < -0.39 is 0 Å². The maximum atomic E-state index is 11.3. The summed E-state index contributed by atoms with van der Waals surface area (Å²) in [4.78, 5) is 11.3. The SMILES string of the molecule is CC.CC.CNC(Cc1cccc(C(=N)N)c1)C(C)=O. The van der Waals surface area contributed by atoms with E-state index >= 15 is 0 Å². The lowest BCUT2D eigenvalue weighted by molar-refractivity contribution is -0.118. The Morgan fingerprint density at radius 3 is 2.25 bits per heavy atom. The minimum absolute atomic E-state index is 0.0469. The summed E-state index contributed by atoms with van der Waals surface area (Å²) in [7, 11) is 1.76. The van der Waals surface area contributed by atoms with Gasteiger partial charge < -0.3 is 11.1 Å².